The molecule has 0 amide bonds. The van der Waals surface area contributed by atoms with Gasteiger partial charge in [0.2, 0.25) is 0 Å². The molecule has 1 N–H and O–H groups in total. The van der Waals surface area contributed by atoms with Gasteiger partial charge in [-0.25, -0.2) is 4.79 Å². The van der Waals surface area contributed by atoms with Gasteiger partial charge in [-0.3, -0.25) is 0 Å². The van der Waals surface area contributed by atoms with Crippen LogP contribution < -0.4 is 0 Å². The minimum Gasteiger partial charge on any atom is -0.478 e. The molecule has 0 bridgehead atoms. The first-order valence-corrected chi connectivity index (χ1v) is 7.43. The van der Waals surface area contributed by atoms with Crippen LogP contribution in [-0.4, -0.2) is 23.1 Å². The quantitative estimate of drug-likeness (QED) is 0.815. The lowest BCUT2D eigenvalue weighted by Crippen LogP contribution is -2.00. The highest BCUT2D eigenvalue weighted by Gasteiger charge is 2.16. The van der Waals surface area contributed by atoms with Crippen LogP contribution in [0.15, 0.2) is 21.9 Å². The minimum atomic E-state index is -0.903. The third-order valence-corrected chi connectivity index (χ3v) is 4.66. The average molecular weight is 277 g/mol. The summed E-state index contributed by atoms with van der Waals surface area (Å²) in [6.07, 6.45) is 2.90. The van der Waals surface area contributed by atoms with Crippen molar-refractivity contribution in [3.63, 3.8) is 0 Å². The molecule has 0 saturated carbocycles. The van der Waals surface area contributed by atoms with Gasteiger partial charge in [0, 0.05) is 9.79 Å². The van der Waals surface area contributed by atoms with Gasteiger partial charge < -0.3 is 5.11 Å². The van der Waals surface area contributed by atoms with E-state index in [0.717, 1.165) is 22.0 Å². The van der Waals surface area contributed by atoms with Crippen LogP contribution in [0.3, 0.4) is 0 Å². The lowest BCUT2D eigenvalue weighted by Gasteiger charge is -2.11. The van der Waals surface area contributed by atoms with E-state index < -0.39 is 5.97 Å². The molecule has 1 aromatic rings. The molecule has 0 heterocycles. The molecule has 0 unspecified atom stereocenters. The maximum Gasteiger partial charge on any atom is 0.336 e. The number of hydrogen-bond donors (Lipinski definition) is 1. The van der Waals surface area contributed by atoms with Gasteiger partial charge in [0.15, 0.2) is 0 Å². The standard InChI is InChI=1S/C11H13ClO2S2/c1-3-6-16-10-8(12)5-4-7(11(13)14)9(10)15-2/h4-5H,3,6H2,1-2H3,(H,13,14). The summed E-state index contributed by atoms with van der Waals surface area (Å²) >= 11 is 9.14. The van der Waals surface area contributed by atoms with Crippen molar-refractivity contribution in [2.24, 2.45) is 0 Å². The van der Waals surface area contributed by atoms with Gasteiger partial charge in [0.1, 0.15) is 0 Å². The molecule has 0 aliphatic rings. The van der Waals surface area contributed by atoms with E-state index in [1.165, 1.54) is 11.8 Å². The third-order valence-electron chi connectivity index (χ3n) is 1.95. The summed E-state index contributed by atoms with van der Waals surface area (Å²) in [6.45, 7) is 2.08. The molecule has 0 radical (unpaired) electrons. The number of aromatic carboxylic acids is 1. The van der Waals surface area contributed by atoms with E-state index in [-0.39, 0.29) is 0 Å². The molecule has 0 fully saturated rings. The first kappa shape index (κ1) is 13.7. The lowest BCUT2D eigenvalue weighted by molar-refractivity contribution is 0.0692. The Kier molecular flexibility index (Phi) is 5.52. The van der Waals surface area contributed by atoms with E-state index >= 15 is 0 Å². The van der Waals surface area contributed by atoms with Gasteiger partial charge in [0.05, 0.1) is 10.6 Å². The van der Waals surface area contributed by atoms with Gasteiger partial charge in [-0.1, -0.05) is 18.5 Å². The molecule has 16 heavy (non-hydrogen) atoms. The van der Waals surface area contributed by atoms with Crippen LogP contribution in [0.25, 0.3) is 0 Å². The van der Waals surface area contributed by atoms with Crippen molar-refractivity contribution < 1.29 is 9.90 Å². The summed E-state index contributed by atoms with van der Waals surface area (Å²) in [7, 11) is 0. The highest BCUT2D eigenvalue weighted by molar-refractivity contribution is 8.02. The number of hydrogen-bond acceptors (Lipinski definition) is 3. The SMILES string of the molecule is CCCSc1c(Cl)ccc(C(=O)O)c1SC. The fourth-order valence-corrected chi connectivity index (χ4v) is 3.58. The summed E-state index contributed by atoms with van der Waals surface area (Å²) in [6, 6.07) is 3.22. The summed E-state index contributed by atoms with van der Waals surface area (Å²) in [5.41, 5.74) is 0.329. The summed E-state index contributed by atoms with van der Waals surface area (Å²) in [5, 5.41) is 9.70. The Hall–Kier alpha value is -0.320. The van der Waals surface area contributed by atoms with Crippen LogP contribution in [0.4, 0.5) is 0 Å². The number of carbonyl (C=O) groups is 1. The molecule has 1 rings (SSSR count). The second-order valence-electron chi connectivity index (χ2n) is 3.11. The monoisotopic (exact) mass is 276 g/mol. The maximum absolute atomic E-state index is 11.1. The zero-order chi connectivity index (χ0) is 12.1. The molecule has 0 aliphatic heterocycles. The van der Waals surface area contributed by atoms with Crippen molar-refractivity contribution in [3.05, 3.63) is 22.7 Å². The Bertz CT molecular complexity index is 394. The number of thioether (sulfide) groups is 2. The summed E-state index contributed by atoms with van der Waals surface area (Å²) in [4.78, 5) is 12.7. The largest absolute Gasteiger partial charge is 0.478 e. The number of carboxylic acid groups (broad SMARTS) is 1. The maximum atomic E-state index is 11.1. The Balaban J connectivity index is 3.21. The molecule has 88 valence electrons. The van der Waals surface area contributed by atoms with Gasteiger partial charge >= 0.3 is 5.97 Å². The van der Waals surface area contributed by atoms with Gasteiger partial charge in [-0.15, -0.1) is 23.5 Å². The van der Waals surface area contributed by atoms with Gasteiger partial charge in [-0.2, -0.15) is 0 Å². The van der Waals surface area contributed by atoms with Crippen LogP contribution in [-0.2, 0) is 0 Å². The van der Waals surface area contributed by atoms with E-state index in [4.69, 9.17) is 16.7 Å². The Morgan fingerprint density at radius 2 is 2.12 bits per heavy atom. The van der Waals surface area contributed by atoms with Crippen molar-refractivity contribution in [2.75, 3.05) is 12.0 Å². The normalized spacial score (nSPS) is 10.4. The molecule has 0 aromatic heterocycles. The summed E-state index contributed by atoms with van der Waals surface area (Å²) < 4.78 is 0. The highest BCUT2D eigenvalue weighted by atomic mass is 35.5. The molecule has 0 aliphatic carbocycles. The van der Waals surface area contributed by atoms with Crippen molar-refractivity contribution in [3.8, 4) is 0 Å². The van der Waals surface area contributed by atoms with Crippen molar-refractivity contribution in [1.82, 2.24) is 0 Å². The van der Waals surface area contributed by atoms with E-state index in [1.54, 1.807) is 23.9 Å². The molecular formula is C11H13ClO2S2. The predicted molar refractivity (Wildman–Crippen MR) is 71.2 cm³/mol. The van der Waals surface area contributed by atoms with E-state index in [9.17, 15) is 4.79 Å². The van der Waals surface area contributed by atoms with E-state index in [2.05, 4.69) is 6.92 Å². The minimum absolute atomic E-state index is 0.329. The van der Waals surface area contributed by atoms with Crippen molar-refractivity contribution in [1.29, 1.82) is 0 Å². The fourth-order valence-electron chi connectivity index (χ4n) is 1.25. The first-order chi connectivity index (χ1) is 7.61. The molecule has 5 heteroatoms. The lowest BCUT2D eigenvalue weighted by atomic mass is 10.2. The Morgan fingerprint density at radius 3 is 2.62 bits per heavy atom. The van der Waals surface area contributed by atoms with E-state index in [1.807, 2.05) is 6.26 Å². The van der Waals surface area contributed by atoms with Crippen molar-refractivity contribution >= 4 is 41.1 Å². The molecule has 0 spiro atoms. The van der Waals surface area contributed by atoms with Crippen molar-refractivity contribution in [2.45, 2.75) is 23.1 Å². The third kappa shape index (κ3) is 3.09. The van der Waals surface area contributed by atoms with E-state index in [0.29, 0.717) is 10.6 Å². The predicted octanol–water partition coefficient (Wildman–Crippen LogP) is 4.26. The number of rotatable bonds is 5. The van der Waals surface area contributed by atoms with Crippen LogP contribution in [0, 0.1) is 0 Å². The molecular weight excluding hydrogens is 264 g/mol. The number of benzene rings is 1. The van der Waals surface area contributed by atoms with Crippen LogP contribution in [0.2, 0.25) is 5.02 Å². The van der Waals surface area contributed by atoms with Gasteiger partial charge in [-0.05, 0) is 30.6 Å². The van der Waals surface area contributed by atoms with Crippen LogP contribution in [0.5, 0.6) is 0 Å². The molecule has 0 atom stereocenters. The average Bonchev–Trinajstić information content (AvgIpc) is 2.26. The fraction of sp³-hybridized carbons (Fsp3) is 0.364. The van der Waals surface area contributed by atoms with Crippen LogP contribution in [0.1, 0.15) is 23.7 Å². The smallest absolute Gasteiger partial charge is 0.336 e. The number of carboxylic acids is 1. The zero-order valence-electron chi connectivity index (χ0n) is 9.12. The Labute approximate surface area is 109 Å². The first-order valence-electron chi connectivity index (χ1n) is 4.84. The topological polar surface area (TPSA) is 37.3 Å². The molecule has 0 saturated heterocycles. The Morgan fingerprint density at radius 1 is 1.44 bits per heavy atom. The second-order valence-corrected chi connectivity index (χ2v) is 5.44. The molecule has 2 nitrogen and oxygen atoms in total. The summed E-state index contributed by atoms with van der Waals surface area (Å²) in [5.74, 6) is 0.0375. The zero-order valence-corrected chi connectivity index (χ0v) is 11.5. The highest BCUT2D eigenvalue weighted by Crippen LogP contribution is 2.38. The van der Waals surface area contributed by atoms with Crippen LogP contribution >= 0.6 is 35.1 Å². The second kappa shape index (κ2) is 6.42. The van der Waals surface area contributed by atoms with Gasteiger partial charge in [0.25, 0.3) is 0 Å². The number of halogens is 1. The molecule has 1 aromatic carbocycles.